The van der Waals surface area contributed by atoms with Gasteiger partial charge < -0.3 is 18.5 Å². The summed E-state index contributed by atoms with van der Waals surface area (Å²) in [5, 5.41) is 1.63. The molecular formula is C31H22IrN4O+. The van der Waals surface area contributed by atoms with Gasteiger partial charge in [0, 0.05) is 27.0 Å². The third kappa shape index (κ3) is 4.69. The van der Waals surface area contributed by atoms with E-state index in [0.29, 0.717) is 17.0 Å². The Morgan fingerprint density at radius 3 is 2.57 bits per heavy atom. The summed E-state index contributed by atoms with van der Waals surface area (Å²) in [5.41, 5.74) is 5.64. The summed E-state index contributed by atoms with van der Waals surface area (Å²) >= 11 is 0. The maximum absolute atomic E-state index is 7.56. The molecule has 0 aliphatic rings. The Bertz CT molecular complexity index is 1880. The van der Waals surface area contributed by atoms with Crippen molar-refractivity contribution in [1.29, 1.82) is 0 Å². The summed E-state index contributed by atoms with van der Waals surface area (Å²) in [5.74, 6) is 0. The number of benzene rings is 3. The number of rotatable bonds is 2. The average molecular weight is 662 g/mol. The van der Waals surface area contributed by atoms with E-state index in [4.69, 9.17) is 8.53 Å². The van der Waals surface area contributed by atoms with Crippen molar-refractivity contribution in [3.63, 3.8) is 0 Å². The smallest absolute Gasteiger partial charge is 0.507 e. The maximum Gasteiger partial charge on any atom is 3.00 e. The van der Waals surface area contributed by atoms with Crippen molar-refractivity contribution in [3.8, 4) is 16.9 Å². The van der Waals surface area contributed by atoms with Crippen LogP contribution in [0.5, 0.6) is 0 Å². The fourth-order valence-electron chi connectivity index (χ4n) is 4.21. The number of nitrogens with zero attached hydrogens (tertiary/aromatic N) is 4. The van der Waals surface area contributed by atoms with Gasteiger partial charge in [0.1, 0.15) is 0 Å². The molecule has 3 aromatic carbocycles. The number of furan rings is 1. The van der Waals surface area contributed by atoms with Crippen LogP contribution in [0, 0.1) is 25.3 Å². The van der Waals surface area contributed by atoms with Gasteiger partial charge >= 0.3 is 20.1 Å². The Morgan fingerprint density at radius 2 is 1.76 bits per heavy atom. The minimum absolute atomic E-state index is 0. The Kier molecular flexibility index (Phi) is 5.95. The van der Waals surface area contributed by atoms with Gasteiger partial charge in [0.05, 0.1) is 18.1 Å². The maximum atomic E-state index is 7.56. The molecule has 4 aromatic heterocycles. The quantitative estimate of drug-likeness (QED) is 0.164. The average Bonchev–Trinajstić information content (AvgIpc) is 3.51. The normalized spacial score (nSPS) is 12.3. The fraction of sp³-hybridized carbons (Fsp3) is 0.0645. The van der Waals surface area contributed by atoms with Crippen LogP contribution in [0.3, 0.4) is 0 Å². The zero-order valence-electron chi connectivity index (χ0n) is 22.8. The standard InChI is InChI=1S/C20H14N3O.C11H8N.Ir/c1-13-10-11-15-14-6-5-9-18(19(14)24-20(15)21-13)23-12-22(2)16-7-3-4-8-17(16)23;1-2-6-10(7-3-1)11-8-4-5-9-12-11;/h3-8,10-11H,1-2H3;1-6,8-9H;/q2*-1;+3/i1D3;;. The topological polar surface area (TPSA) is 47.7 Å². The largest absolute Gasteiger partial charge is 3.00 e. The molecule has 0 aliphatic heterocycles. The molecule has 0 aliphatic carbocycles. The Morgan fingerprint density at radius 1 is 0.892 bits per heavy atom. The van der Waals surface area contributed by atoms with Crippen LogP contribution in [-0.4, -0.2) is 14.5 Å². The third-order valence-electron chi connectivity index (χ3n) is 5.89. The summed E-state index contributed by atoms with van der Waals surface area (Å²) in [6, 6.07) is 35.0. The van der Waals surface area contributed by atoms with Gasteiger partial charge in [-0.2, -0.15) is 18.2 Å². The van der Waals surface area contributed by atoms with E-state index >= 15 is 0 Å². The van der Waals surface area contributed by atoms with Crippen molar-refractivity contribution >= 4 is 33.1 Å². The number of aromatic nitrogens is 4. The molecule has 5 nitrogen and oxygen atoms in total. The van der Waals surface area contributed by atoms with E-state index in [1.54, 1.807) is 12.3 Å². The Hall–Kier alpha value is -4.12. The molecule has 0 bridgehead atoms. The van der Waals surface area contributed by atoms with E-state index in [0.717, 1.165) is 33.1 Å². The molecule has 0 spiro atoms. The molecule has 0 atom stereocenters. The van der Waals surface area contributed by atoms with Gasteiger partial charge in [0.15, 0.2) is 0 Å². The van der Waals surface area contributed by atoms with Crippen LogP contribution in [0.4, 0.5) is 0 Å². The summed E-state index contributed by atoms with van der Waals surface area (Å²) in [6.07, 6.45) is 5.06. The van der Waals surface area contributed by atoms with E-state index in [2.05, 4.69) is 28.4 Å². The van der Waals surface area contributed by atoms with Crippen LogP contribution in [0.2, 0.25) is 0 Å². The second-order valence-corrected chi connectivity index (χ2v) is 8.19. The summed E-state index contributed by atoms with van der Waals surface area (Å²) in [7, 11) is 1.93. The molecule has 0 saturated heterocycles. The van der Waals surface area contributed by atoms with Crippen LogP contribution < -0.4 is 4.57 Å². The van der Waals surface area contributed by atoms with Crippen LogP contribution >= 0.6 is 0 Å². The van der Waals surface area contributed by atoms with Gasteiger partial charge in [0.25, 0.3) is 0 Å². The van der Waals surface area contributed by atoms with Gasteiger partial charge in [-0.1, -0.05) is 41.8 Å². The third-order valence-corrected chi connectivity index (χ3v) is 5.89. The van der Waals surface area contributed by atoms with Crippen LogP contribution in [0.25, 0.3) is 50.0 Å². The molecule has 0 unspecified atom stereocenters. The van der Waals surface area contributed by atoms with Crippen molar-refractivity contribution in [1.82, 2.24) is 14.5 Å². The molecule has 0 N–H and O–H groups in total. The van der Waals surface area contributed by atoms with Crippen LogP contribution in [0.15, 0.2) is 102 Å². The molecular weight excluding hydrogens is 637 g/mol. The first-order valence-corrected chi connectivity index (χ1v) is 11.4. The second kappa shape index (κ2) is 10.5. The summed E-state index contributed by atoms with van der Waals surface area (Å²) in [6.45, 7) is -2.28. The summed E-state index contributed by atoms with van der Waals surface area (Å²) < 4.78 is 32.5. The number of fused-ring (bicyclic) bond motifs is 4. The van der Waals surface area contributed by atoms with E-state index in [-0.39, 0.29) is 25.8 Å². The fourth-order valence-corrected chi connectivity index (χ4v) is 4.21. The zero-order valence-corrected chi connectivity index (χ0v) is 22.2. The predicted octanol–water partition coefficient (Wildman–Crippen LogP) is 6.20. The minimum Gasteiger partial charge on any atom is -0.507 e. The Labute approximate surface area is 232 Å². The number of imidazole rings is 1. The zero-order chi connectivity index (χ0) is 27.0. The molecule has 4 heterocycles. The molecule has 0 radical (unpaired) electrons. The molecule has 0 saturated carbocycles. The predicted molar refractivity (Wildman–Crippen MR) is 140 cm³/mol. The van der Waals surface area contributed by atoms with Gasteiger partial charge in [-0.15, -0.1) is 35.9 Å². The van der Waals surface area contributed by atoms with E-state index in [1.165, 1.54) is 6.07 Å². The Balaban J connectivity index is 0.000000209. The van der Waals surface area contributed by atoms with Gasteiger partial charge in [-0.25, -0.2) is 4.98 Å². The van der Waals surface area contributed by atoms with E-state index in [1.807, 2.05) is 95.0 Å². The molecule has 6 heteroatoms. The van der Waals surface area contributed by atoms with Crippen LogP contribution in [0.1, 0.15) is 9.81 Å². The monoisotopic (exact) mass is 662 g/mol. The van der Waals surface area contributed by atoms with Gasteiger partial charge in [0.2, 0.25) is 12.0 Å². The van der Waals surface area contributed by atoms with Gasteiger partial charge in [-0.05, 0) is 36.4 Å². The number of aryl methyl sites for hydroxylation is 2. The van der Waals surface area contributed by atoms with Crippen molar-refractivity contribution in [2.75, 3.05) is 0 Å². The molecule has 37 heavy (non-hydrogen) atoms. The molecule has 7 rings (SSSR count). The summed E-state index contributed by atoms with van der Waals surface area (Å²) in [4.78, 5) is 8.44. The number of hydrogen-bond acceptors (Lipinski definition) is 3. The molecule has 7 aromatic rings. The minimum atomic E-state index is -2.28. The number of pyridine rings is 2. The first-order chi connectivity index (χ1) is 18.9. The van der Waals surface area contributed by atoms with Crippen molar-refractivity contribution in [3.05, 3.63) is 121 Å². The van der Waals surface area contributed by atoms with Crippen molar-refractivity contribution in [2.24, 2.45) is 7.05 Å². The number of hydrogen-bond donors (Lipinski definition) is 0. The van der Waals surface area contributed by atoms with Crippen LogP contribution in [-0.2, 0) is 27.2 Å². The van der Waals surface area contributed by atoms with Gasteiger partial charge in [-0.3, -0.25) is 0 Å². The number of para-hydroxylation sites is 2. The van der Waals surface area contributed by atoms with E-state index < -0.39 is 6.85 Å². The first kappa shape index (κ1) is 21.0. The van der Waals surface area contributed by atoms with Crippen molar-refractivity contribution < 1.29 is 33.2 Å². The van der Waals surface area contributed by atoms with E-state index in [9.17, 15) is 0 Å². The molecule has 0 amide bonds. The molecule has 0 fully saturated rings. The molecule has 180 valence electrons. The second-order valence-electron chi connectivity index (χ2n) is 8.19. The first-order valence-electron chi connectivity index (χ1n) is 12.9. The van der Waals surface area contributed by atoms with Crippen molar-refractivity contribution in [2.45, 2.75) is 6.85 Å². The SMILES string of the molecule is [2H]C([2H])([2H])c1ccc2c(n1)oc1c(-[n+]3[c-]n(C)c4ccccc43)[c-]ccc12.[Ir+3].[c-]1ccccc1-c1ccccn1.